The average molecular weight is 184 g/mol. The van der Waals surface area contributed by atoms with Crippen LogP contribution in [0.1, 0.15) is 32.1 Å². The quantitative estimate of drug-likeness (QED) is 0.693. The summed E-state index contributed by atoms with van der Waals surface area (Å²) in [6, 6.07) is 0. The Morgan fingerprint density at radius 2 is 1.77 bits per heavy atom. The van der Waals surface area contributed by atoms with Gasteiger partial charge < -0.3 is 10.2 Å². The van der Waals surface area contributed by atoms with Gasteiger partial charge in [0, 0.05) is 13.2 Å². The fourth-order valence-corrected chi connectivity index (χ4v) is 3.72. The minimum atomic E-state index is 0.347. The Bertz CT molecular complexity index is 169. The first-order valence-electron chi connectivity index (χ1n) is 5.58. The van der Waals surface area contributed by atoms with E-state index in [1.807, 2.05) is 0 Å². The summed E-state index contributed by atoms with van der Waals surface area (Å²) in [6.07, 6.45) is 6.02. The van der Waals surface area contributed by atoms with Crippen molar-refractivity contribution in [1.29, 1.82) is 0 Å². The van der Waals surface area contributed by atoms with E-state index in [0.29, 0.717) is 13.2 Å². The molecule has 2 aliphatic carbocycles. The van der Waals surface area contributed by atoms with E-state index in [1.165, 1.54) is 19.3 Å². The third-order valence-electron chi connectivity index (χ3n) is 4.20. The molecule has 2 nitrogen and oxygen atoms in total. The SMILES string of the molecule is OCCC1CC2CCC1C2CCO. The van der Waals surface area contributed by atoms with Crippen LogP contribution in [0.2, 0.25) is 0 Å². The van der Waals surface area contributed by atoms with Crippen LogP contribution in [0.5, 0.6) is 0 Å². The highest BCUT2D eigenvalue weighted by Crippen LogP contribution is 2.54. The van der Waals surface area contributed by atoms with Crippen molar-refractivity contribution in [2.75, 3.05) is 13.2 Å². The third-order valence-corrected chi connectivity index (χ3v) is 4.20. The lowest BCUT2D eigenvalue weighted by Crippen LogP contribution is -2.14. The molecule has 2 saturated carbocycles. The molecule has 0 amide bonds. The summed E-state index contributed by atoms with van der Waals surface area (Å²) in [5.74, 6) is 3.24. The van der Waals surface area contributed by atoms with Crippen LogP contribution in [0.3, 0.4) is 0 Å². The first kappa shape index (κ1) is 9.47. The summed E-state index contributed by atoms with van der Waals surface area (Å²) >= 11 is 0. The van der Waals surface area contributed by atoms with Crippen LogP contribution in [0.15, 0.2) is 0 Å². The van der Waals surface area contributed by atoms with Crippen molar-refractivity contribution >= 4 is 0 Å². The van der Waals surface area contributed by atoms with Crippen molar-refractivity contribution in [3.8, 4) is 0 Å². The van der Waals surface area contributed by atoms with Crippen LogP contribution < -0.4 is 0 Å². The summed E-state index contributed by atoms with van der Waals surface area (Å²) in [5, 5.41) is 17.9. The van der Waals surface area contributed by atoms with Gasteiger partial charge in [-0.3, -0.25) is 0 Å². The summed E-state index contributed by atoms with van der Waals surface area (Å²) in [4.78, 5) is 0. The maximum atomic E-state index is 8.96. The lowest BCUT2D eigenvalue weighted by molar-refractivity contribution is 0.201. The number of aliphatic hydroxyl groups is 2. The Kier molecular flexibility index (Phi) is 2.89. The van der Waals surface area contributed by atoms with E-state index in [4.69, 9.17) is 10.2 Å². The molecule has 2 aliphatic rings. The molecule has 2 heteroatoms. The zero-order chi connectivity index (χ0) is 9.26. The molecule has 0 heterocycles. The van der Waals surface area contributed by atoms with E-state index in [-0.39, 0.29) is 0 Å². The lowest BCUT2D eigenvalue weighted by Gasteiger charge is -2.21. The van der Waals surface area contributed by atoms with Crippen molar-refractivity contribution in [1.82, 2.24) is 0 Å². The van der Waals surface area contributed by atoms with Crippen LogP contribution in [-0.4, -0.2) is 23.4 Å². The highest BCUT2D eigenvalue weighted by Gasteiger charge is 2.46. The van der Waals surface area contributed by atoms with Crippen molar-refractivity contribution in [2.45, 2.75) is 32.1 Å². The van der Waals surface area contributed by atoms with Gasteiger partial charge in [0.2, 0.25) is 0 Å². The van der Waals surface area contributed by atoms with Crippen LogP contribution in [0.25, 0.3) is 0 Å². The van der Waals surface area contributed by atoms with Gasteiger partial charge in [0.25, 0.3) is 0 Å². The second-order valence-corrected chi connectivity index (χ2v) is 4.69. The van der Waals surface area contributed by atoms with Gasteiger partial charge in [0.1, 0.15) is 0 Å². The Balaban J connectivity index is 1.94. The molecule has 4 unspecified atom stereocenters. The monoisotopic (exact) mass is 184 g/mol. The molecule has 2 bridgehead atoms. The van der Waals surface area contributed by atoms with Crippen molar-refractivity contribution in [2.24, 2.45) is 23.7 Å². The van der Waals surface area contributed by atoms with Gasteiger partial charge in [0.15, 0.2) is 0 Å². The molecule has 0 saturated heterocycles. The second-order valence-electron chi connectivity index (χ2n) is 4.69. The second kappa shape index (κ2) is 3.97. The van der Waals surface area contributed by atoms with Gasteiger partial charge in [-0.15, -0.1) is 0 Å². The molecule has 0 aliphatic heterocycles. The normalized spacial score (nSPS) is 42.9. The number of aliphatic hydroxyl groups excluding tert-OH is 2. The standard InChI is InChI=1S/C11H20O2/c12-5-3-9-7-8-1-2-10(9)11(8)4-6-13/h8-13H,1-7H2. The summed E-state index contributed by atoms with van der Waals surface area (Å²) in [7, 11) is 0. The molecular formula is C11H20O2. The first-order valence-corrected chi connectivity index (χ1v) is 5.58. The van der Waals surface area contributed by atoms with Crippen LogP contribution in [0, 0.1) is 23.7 Å². The fraction of sp³-hybridized carbons (Fsp3) is 1.00. The Hall–Kier alpha value is -0.0800. The molecule has 13 heavy (non-hydrogen) atoms. The van der Waals surface area contributed by atoms with Crippen LogP contribution >= 0.6 is 0 Å². The zero-order valence-corrected chi connectivity index (χ0v) is 8.15. The zero-order valence-electron chi connectivity index (χ0n) is 8.15. The van der Waals surface area contributed by atoms with Crippen LogP contribution in [-0.2, 0) is 0 Å². The van der Waals surface area contributed by atoms with E-state index < -0.39 is 0 Å². The predicted molar refractivity (Wildman–Crippen MR) is 51.2 cm³/mol. The minimum Gasteiger partial charge on any atom is -0.396 e. The van der Waals surface area contributed by atoms with Crippen molar-refractivity contribution in [3.63, 3.8) is 0 Å². The third kappa shape index (κ3) is 1.62. The maximum absolute atomic E-state index is 8.96. The Morgan fingerprint density at radius 1 is 1.00 bits per heavy atom. The lowest BCUT2D eigenvalue weighted by atomic mass is 9.85. The minimum absolute atomic E-state index is 0.347. The van der Waals surface area contributed by atoms with Crippen LogP contribution in [0.4, 0.5) is 0 Å². The van der Waals surface area contributed by atoms with Crippen molar-refractivity contribution < 1.29 is 10.2 Å². The molecule has 0 spiro atoms. The van der Waals surface area contributed by atoms with Crippen molar-refractivity contribution in [3.05, 3.63) is 0 Å². The topological polar surface area (TPSA) is 40.5 Å². The molecule has 0 aromatic heterocycles. The van der Waals surface area contributed by atoms with Gasteiger partial charge in [-0.1, -0.05) is 0 Å². The van der Waals surface area contributed by atoms with E-state index >= 15 is 0 Å². The molecule has 0 aromatic rings. The molecule has 2 rings (SSSR count). The van der Waals surface area contributed by atoms with Gasteiger partial charge in [0.05, 0.1) is 0 Å². The average Bonchev–Trinajstić information content (AvgIpc) is 2.64. The van der Waals surface area contributed by atoms with E-state index in [2.05, 4.69) is 0 Å². The summed E-state index contributed by atoms with van der Waals surface area (Å²) in [6.45, 7) is 0.698. The van der Waals surface area contributed by atoms with E-state index in [1.54, 1.807) is 0 Å². The highest BCUT2D eigenvalue weighted by molar-refractivity contribution is 4.96. The van der Waals surface area contributed by atoms with Gasteiger partial charge >= 0.3 is 0 Å². The maximum Gasteiger partial charge on any atom is 0.0433 e. The van der Waals surface area contributed by atoms with Gasteiger partial charge in [-0.25, -0.2) is 0 Å². The first-order chi connectivity index (χ1) is 6.36. The number of hydrogen-bond donors (Lipinski definition) is 2. The Labute approximate surface area is 80.0 Å². The summed E-state index contributed by atoms with van der Waals surface area (Å²) < 4.78 is 0. The number of rotatable bonds is 4. The summed E-state index contributed by atoms with van der Waals surface area (Å²) in [5.41, 5.74) is 0. The van der Waals surface area contributed by atoms with Gasteiger partial charge in [-0.2, -0.15) is 0 Å². The fourth-order valence-electron chi connectivity index (χ4n) is 3.72. The molecule has 2 N–H and O–H groups in total. The van der Waals surface area contributed by atoms with E-state index in [9.17, 15) is 0 Å². The van der Waals surface area contributed by atoms with E-state index in [0.717, 1.165) is 36.5 Å². The molecule has 0 radical (unpaired) electrons. The molecule has 76 valence electrons. The number of hydrogen-bond acceptors (Lipinski definition) is 2. The Morgan fingerprint density at radius 3 is 2.46 bits per heavy atom. The largest absolute Gasteiger partial charge is 0.396 e. The van der Waals surface area contributed by atoms with Gasteiger partial charge in [-0.05, 0) is 55.8 Å². The predicted octanol–water partition coefficient (Wildman–Crippen LogP) is 1.41. The molecular weight excluding hydrogens is 164 g/mol. The molecule has 0 aromatic carbocycles. The number of fused-ring (bicyclic) bond motifs is 2. The highest BCUT2D eigenvalue weighted by atomic mass is 16.3. The molecule has 2 fully saturated rings. The molecule has 4 atom stereocenters. The smallest absolute Gasteiger partial charge is 0.0433 e.